The van der Waals surface area contributed by atoms with Gasteiger partial charge < -0.3 is 14.5 Å². The average molecular weight is 262 g/mol. The molecule has 1 aliphatic rings. The van der Waals surface area contributed by atoms with Gasteiger partial charge in [0.1, 0.15) is 11.6 Å². The van der Waals surface area contributed by atoms with Crippen LogP contribution in [-0.4, -0.2) is 30.8 Å². The molecule has 100 valence electrons. The number of fused-ring (bicyclic) bond motifs is 1. The van der Waals surface area contributed by atoms with E-state index in [2.05, 4.69) is 4.98 Å². The second-order valence-electron chi connectivity index (χ2n) is 4.11. The van der Waals surface area contributed by atoms with E-state index in [1.54, 1.807) is 13.0 Å². The number of hydrogen-bond donors (Lipinski definition) is 1. The van der Waals surface area contributed by atoms with E-state index in [1.807, 2.05) is 0 Å². The fourth-order valence-electron chi connectivity index (χ4n) is 2.17. The van der Waals surface area contributed by atoms with Crippen molar-refractivity contribution < 1.29 is 14.3 Å². The zero-order chi connectivity index (χ0) is 13.8. The predicted octanol–water partition coefficient (Wildman–Crippen LogP) is 0.538. The number of esters is 1. The highest BCUT2D eigenvalue weighted by molar-refractivity contribution is 5.94. The Bertz CT molecular complexity index is 598. The summed E-state index contributed by atoms with van der Waals surface area (Å²) in [5.41, 5.74) is 0.676. The summed E-state index contributed by atoms with van der Waals surface area (Å²) < 4.78 is 10.3. The Balaban J connectivity index is 2.66. The Morgan fingerprint density at radius 3 is 2.89 bits per heavy atom. The van der Waals surface area contributed by atoms with Crippen molar-refractivity contribution in [2.75, 3.05) is 19.8 Å². The summed E-state index contributed by atoms with van der Waals surface area (Å²) in [6.45, 7) is 2.81. The first-order valence-electron chi connectivity index (χ1n) is 6.12. The Morgan fingerprint density at radius 1 is 1.47 bits per heavy atom. The summed E-state index contributed by atoms with van der Waals surface area (Å²) >= 11 is 0. The third kappa shape index (κ3) is 2.51. The number of hydrogen-bond acceptors (Lipinski definition) is 5. The number of H-pyrrole nitrogens is 1. The number of aromatic nitrogens is 1. The van der Waals surface area contributed by atoms with Gasteiger partial charge >= 0.3 is 5.97 Å². The molecular weight excluding hydrogens is 248 g/mol. The van der Waals surface area contributed by atoms with Gasteiger partial charge in [0.05, 0.1) is 25.4 Å². The average Bonchev–Trinajstić information content (AvgIpc) is 2.62. The van der Waals surface area contributed by atoms with E-state index in [9.17, 15) is 9.59 Å². The van der Waals surface area contributed by atoms with E-state index in [4.69, 9.17) is 14.7 Å². The molecule has 0 unspecified atom stereocenters. The standard InChI is InChI=1S/C13H14N2O4/c1-2-19-13(17)11-8-3-5-18-6-4-10(8)15-12(16)9(11)7-14/h2-6H2,1H3,(H,15,16). The Labute approximate surface area is 110 Å². The quantitative estimate of drug-likeness (QED) is 0.785. The third-order valence-corrected chi connectivity index (χ3v) is 2.99. The van der Waals surface area contributed by atoms with Crippen LogP contribution in [0.5, 0.6) is 0 Å². The Kier molecular flexibility index (Phi) is 3.97. The van der Waals surface area contributed by atoms with Crippen molar-refractivity contribution in [2.45, 2.75) is 19.8 Å². The lowest BCUT2D eigenvalue weighted by Crippen LogP contribution is -2.23. The molecule has 0 spiro atoms. The van der Waals surface area contributed by atoms with Crippen LogP contribution in [0.3, 0.4) is 0 Å². The second kappa shape index (κ2) is 5.67. The zero-order valence-corrected chi connectivity index (χ0v) is 10.6. The van der Waals surface area contributed by atoms with Crippen LogP contribution in [0.25, 0.3) is 0 Å². The van der Waals surface area contributed by atoms with E-state index < -0.39 is 11.5 Å². The topological polar surface area (TPSA) is 92.2 Å². The van der Waals surface area contributed by atoms with Crippen molar-refractivity contribution in [1.29, 1.82) is 5.26 Å². The van der Waals surface area contributed by atoms with Gasteiger partial charge in [-0.15, -0.1) is 0 Å². The lowest BCUT2D eigenvalue weighted by Gasteiger charge is -2.12. The van der Waals surface area contributed by atoms with E-state index in [1.165, 1.54) is 0 Å². The molecule has 0 saturated carbocycles. The maximum Gasteiger partial charge on any atom is 0.340 e. The molecule has 0 aromatic carbocycles. The van der Waals surface area contributed by atoms with Crippen molar-refractivity contribution in [1.82, 2.24) is 4.98 Å². The van der Waals surface area contributed by atoms with E-state index >= 15 is 0 Å². The molecule has 1 N–H and O–H groups in total. The molecule has 0 fully saturated rings. The molecule has 1 aliphatic heterocycles. The zero-order valence-electron chi connectivity index (χ0n) is 10.6. The van der Waals surface area contributed by atoms with Crippen molar-refractivity contribution in [3.05, 3.63) is 32.7 Å². The largest absolute Gasteiger partial charge is 0.462 e. The first-order valence-corrected chi connectivity index (χ1v) is 6.12. The smallest absolute Gasteiger partial charge is 0.340 e. The first kappa shape index (κ1) is 13.3. The Morgan fingerprint density at radius 2 is 2.21 bits per heavy atom. The monoisotopic (exact) mass is 262 g/mol. The fourth-order valence-corrected chi connectivity index (χ4v) is 2.17. The van der Waals surface area contributed by atoms with Crippen molar-refractivity contribution >= 4 is 5.97 Å². The van der Waals surface area contributed by atoms with Crippen LogP contribution in [0.4, 0.5) is 0 Å². The number of rotatable bonds is 2. The van der Waals surface area contributed by atoms with Crippen molar-refractivity contribution in [2.24, 2.45) is 0 Å². The number of pyridine rings is 1. The number of nitrogens with one attached hydrogen (secondary N) is 1. The summed E-state index contributed by atoms with van der Waals surface area (Å²) in [4.78, 5) is 26.5. The minimum absolute atomic E-state index is 0.0913. The van der Waals surface area contributed by atoms with E-state index in [0.717, 1.165) is 0 Å². The number of carbonyl (C=O) groups is 1. The van der Waals surface area contributed by atoms with Gasteiger partial charge in [0.2, 0.25) is 0 Å². The van der Waals surface area contributed by atoms with Crippen LogP contribution >= 0.6 is 0 Å². The summed E-state index contributed by atoms with van der Waals surface area (Å²) in [6, 6.07) is 1.79. The van der Waals surface area contributed by atoms with Gasteiger partial charge in [-0.25, -0.2) is 4.79 Å². The molecule has 1 aromatic rings. The molecular formula is C13H14N2O4. The number of nitrogens with zero attached hydrogens (tertiary/aromatic N) is 1. The van der Waals surface area contributed by atoms with Gasteiger partial charge in [-0.2, -0.15) is 5.26 Å². The number of carbonyl (C=O) groups excluding carboxylic acids is 1. The van der Waals surface area contributed by atoms with Crippen LogP contribution < -0.4 is 5.56 Å². The summed E-state index contributed by atoms with van der Waals surface area (Å²) in [6.07, 6.45) is 0.998. The van der Waals surface area contributed by atoms with Gasteiger partial charge in [-0.05, 0) is 18.9 Å². The summed E-state index contributed by atoms with van der Waals surface area (Å²) in [7, 11) is 0. The SMILES string of the molecule is CCOC(=O)c1c2c([nH]c(=O)c1C#N)CCOCC2. The minimum Gasteiger partial charge on any atom is -0.462 e. The van der Waals surface area contributed by atoms with Gasteiger partial charge in [0.25, 0.3) is 5.56 Å². The molecule has 19 heavy (non-hydrogen) atoms. The van der Waals surface area contributed by atoms with Crippen LogP contribution in [0.1, 0.15) is 34.1 Å². The summed E-state index contributed by atoms with van der Waals surface area (Å²) in [5, 5.41) is 9.08. The second-order valence-corrected chi connectivity index (χ2v) is 4.11. The highest BCUT2D eigenvalue weighted by Crippen LogP contribution is 2.19. The predicted molar refractivity (Wildman–Crippen MR) is 66.0 cm³/mol. The number of ether oxygens (including phenoxy) is 2. The lowest BCUT2D eigenvalue weighted by atomic mass is 9.98. The van der Waals surface area contributed by atoms with Crippen LogP contribution in [0.15, 0.2) is 4.79 Å². The molecule has 0 amide bonds. The van der Waals surface area contributed by atoms with Gasteiger partial charge in [0.15, 0.2) is 0 Å². The highest BCUT2D eigenvalue weighted by Gasteiger charge is 2.25. The van der Waals surface area contributed by atoms with Gasteiger partial charge in [-0.3, -0.25) is 4.79 Å². The summed E-state index contributed by atoms with van der Waals surface area (Å²) in [5.74, 6) is -0.622. The molecule has 0 atom stereocenters. The normalized spacial score (nSPS) is 14.1. The number of aromatic amines is 1. The minimum atomic E-state index is -0.622. The maximum absolute atomic E-state index is 12.0. The van der Waals surface area contributed by atoms with Crippen LogP contribution in [0, 0.1) is 11.3 Å². The van der Waals surface area contributed by atoms with Crippen molar-refractivity contribution in [3.63, 3.8) is 0 Å². The molecule has 0 radical (unpaired) electrons. The molecule has 1 aromatic heterocycles. The third-order valence-electron chi connectivity index (χ3n) is 2.99. The lowest BCUT2D eigenvalue weighted by molar-refractivity contribution is 0.0524. The molecule has 0 aliphatic carbocycles. The molecule has 2 rings (SSSR count). The van der Waals surface area contributed by atoms with E-state index in [0.29, 0.717) is 37.3 Å². The van der Waals surface area contributed by atoms with Crippen LogP contribution in [0.2, 0.25) is 0 Å². The number of nitriles is 1. The van der Waals surface area contributed by atoms with E-state index in [-0.39, 0.29) is 17.7 Å². The van der Waals surface area contributed by atoms with Gasteiger partial charge in [-0.1, -0.05) is 0 Å². The van der Waals surface area contributed by atoms with Crippen molar-refractivity contribution in [3.8, 4) is 6.07 Å². The first-order chi connectivity index (χ1) is 9.19. The maximum atomic E-state index is 12.0. The molecule has 0 bridgehead atoms. The Hall–Kier alpha value is -2.13. The molecule has 0 saturated heterocycles. The highest BCUT2D eigenvalue weighted by atomic mass is 16.5. The fraction of sp³-hybridized carbons (Fsp3) is 0.462. The molecule has 2 heterocycles. The van der Waals surface area contributed by atoms with Gasteiger partial charge in [0, 0.05) is 12.1 Å². The van der Waals surface area contributed by atoms with Crippen LogP contribution in [-0.2, 0) is 22.3 Å². The molecule has 6 nitrogen and oxygen atoms in total. The molecule has 6 heteroatoms.